The molecule has 0 spiro atoms. The Balaban J connectivity index is 0.000000448. The van der Waals surface area contributed by atoms with Gasteiger partial charge in [0.1, 0.15) is 5.82 Å². The highest BCUT2D eigenvalue weighted by Crippen LogP contribution is 2.27. The summed E-state index contributed by atoms with van der Waals surface area (Å²) >= 11 is 0. The summed E-state index contributed by atoms with van der Waals surface area (Å²) in [6.07, 6.45) is -3.34. The van der Waals surface area contributed by atoms with Crippen LogP contribution in [0.15, 0.2) is 59.3 Å². The number of rotatable bonds is 5. The van der Waals surface area contributed by atoms with Crippen LogP contribution >= 0.6 is 0 Å². The molecule has 0 radical (unpaired) electrons. The smallest absolute Gasteiger partial charge is 0.475 e. The molecule has 0 amide bonds. The number of alkyl halides is 3. The van der Waals surface area contributed by atoms with Crippen LogP contribution in [0.25, 0.3) is 39.6 Å². The summed E-state index contributed by atoms with van der Waals surface area (Å²) in [5.41, 5.74) is 4.08. The third kappa shape index (κ3) is 6.06. The topological polar surface area (TPSA) is 123 Å². The molecule has 5 rings (SSSR count). The van der Waals surface area contributed by atoms with Crippen molar-refractivity contribution in [3.8, 4) is 28.7 Å². The van der Waals surface area contributed by atoms with E-state index >= 15 is 0 Å². The molecule has 0 aliphatic heterocycles. The average molecular weight is 543 g/mol. The molecule has 0 saturated carbocycles. The summed E-state index contributed by atoms with van der Waals surface area (Å²) in [6.45, 7) is 2.35. The SMILES string of the molecule is Cc1c(-c2nc(-c3ccc(F)c(CN(C)C)c3)no2)nnn1-c1cccc2cccnc12.O=C(O)C(F)(F)F. The summed E-state index contributed by atoms with van der Waals surface area (Å²) in [4.78, 5) is 19.8. The van der Waals surface area contributed by atoms with Gasteiger partial charge in [0.05, 0.1) is 16.9 Å². The largest absolute Gasteiger partial charge is 0.490 e. The third-order valence-corrected chi connectivity index (χ3v) is 5.40. The molecule has 39 heavy (non-hydrogen) atoms. The van der Waals surface area contributed by atoms with E-state index in [0.29, 0.717) is 29.2 Å². The number of hydrogen-bond acceptors (Lipinski definition) is 8. The molecule has 0 saturated heterocycles. The summed E-state index contributed by atoms with van der Waals surface area (Å²) in [5.74, 6) is -2.42. The molecular formula is C25H21F4N7O3. The maximum atomic E-state index is 14.1. The van der Waals surface area contributed by atoms with E-state index in [1.54, 1.807) is 23.0 Å². The molecule has 0 fully saturated rings. The van der Waals surface area contributed by atoms with Crippen LogP contribution in [-0.2, 0) is 11.3 Å². The Bertz CT molecular complexity index is 1620. The van der Waals surface area contributed by atoms with E-state index in [1.807, 2.05) is 56.3 Å². The summed E-state index contributed by atoms with van der Waals surface area (Å²) in [7, 11) is 3.77. The zero-order valence-electron chi connectivity index (χ0n) is 20.8. The van der Waals surface area contributed by atoms with Gasteiger partial charge in [-0.25, -0.2) is 13.9 Å². The van der Waals surface area contributed by atoms with Crippen LogP contribution < -0.4 is 0 Å². The maximum Gasteiger partial charge on any atom is 0.490 e. The van der Waals surface area contributed by atoms with E-state index in [-0.39, 0.29) is 11.7 Å². The van der Waals surface area contributed by atoms with Crippen molar-refractivity contribution >= 4 is 16.9 Å². The first-order valence-electron chi connectivity index (χ1n) is 11.3. The molecule has 0 aliphatic rings. The van der Waals surface area contributed by atoms with Gasteiger partial charge in [-0.15, -0.1) is 5.10 Å². The molecule has 0 unspecified atom stereocenters. The highest BCUT2D eigenvalue weighted by molar-refractivity contribution is 5.86. The Kier molecular flexibility index (Phi) is 7.67. The molecular weight excluding hydrogens is 522 g/mol. The van der Waals surface area contributed by atoms with E-state index < -0.39 is 12.1 Å². The molecule has 202 valence electrons. The summed E-state index contributed by atoms with van der Waals surface area (Å²) < 4.78 is 53.0. The van der Waals surface area contributed by atoms with Crippen LogP contribution in [0.4, 0.5) is 17.6 Å². The monoisotopic (exact) mass is 543 g/mol. The Morgan fingerprint density at radius 3 is 2.54 bits per heavy atom. The van der Waals surface area contributed by atoms with Crippen molar-refractivity contribution in [3.63, 3.8) is 0 Å². The Labute approximate surface area is 218 Å². The molecule has 0 aliphatic carbocycles. The third-order valence-electron chi connectivity index (χ3n) is 5.40. The van der Waals surface area contributed by atoms with Crippen LogP contribution in [0.1, 0.15) is 11.3 Å². The van der Waals surface area contributed by atoms with E-state index in [9.17, 15) is 17.6 Å². The first-order valence-corrected chi connectivity index (χ1v) is 11.3. The molecule has 2 aromatic carbocycles. The van der Waals surface area contributed by atoms with Crippen molar-refractivity contribution in [2.45, 2.75) is 19.6 Å². The molecule has 14 heteroatoms. The van der Waals surface area contributed by atoms with Crippen molar-refractivity contribution < 1.29 is 32.0 Å². The van der Waals surface area contributed by atoms with Gasteiger partial charge >= 0.3 is 12.1 Å². The van der Waals surface area contributed by atoms with Crippen molar-refractivity contribution in [1.29, 1.82) is 0 Å². The summed E-state index contributed by atoms with van der Waals surface area (Å²) in [6, 6.07) is 14.6. The number of carboxylic acid groups (broad SMARTS) is 1. The zero-order valence-corrected chi connectivity index (χ0v) is 20.8. The van der Waals surface area contributed by atoms with E-state index in [0.717, 1.165) is 22.3 Å². The predicted molar refractivity (Wildman–Crippen MR) is 131 cm³/mol. The normalized spacial score (nSPS) is 11.5. The maximum absolute atomic E-state index is 14.1. The first-order chi connectivity index (χ1) is 18.5. The lowest BCUT2D eigenvalue weighted by molar-refractivity contribution is -0.192. The van der Waals surface area contributed by atoms with Gasteiger partial charge in [-0.05, 0) is 51.4 Å². The second-order valence-corrected chi connectivity index (χ2v) is 8.56. The fraction of sp³-hybridized carbons (Fsp3) is 0.200. The molecule has 0 bridgehead atoms. The molecule has 5 aromatic rings. The minimum absolute atomic E-state index is 0.246. The second kappa shape index (κ2) is 10.9. The van der Waals surface area contributed by atoms with E-state index in [2.05, 4.69) is 25.4 Å². The molecule has 1 N–H and O–H groups in total. The molecule has 0 atom stereocenters. The number of fused-ring (bicyclic) bond motifs is 1. The van der Waals surface area contributed by atoms with Gasteiger partial charge in [0.15, 0.2) is 5.69 Å². The Hall–Kier alpha value is -4.72. The second-order valence-electron chi connectivity index (χ2n) is 8.56. The highest BCUT2D eigenvalue weighted by atomic mass is 19.4. The van der Waals surface area contributed by atoms with Crippen LogP contribution in [0.5, 0.6) is 0 Å². The van der Waals surface area contributed by atoms with Crippen molar-refractivity contribution in [1.82, 2.24) is 35.0 Å². The van der Waals surface area contributed by atoms with Gasteiger partial charge < -0.3 is 14.5 Å². The number of hydrogen-bond donors (Lipinski definition) is 1. The minimum Gasteiger partial charge on any atom is -0.475 e. The van der Waals surface area contributed by atoms with Crippen LogP contribution in [0.2, 0.25) is 0 Å². The number of para-hydroxylation sites is 1. The van der Waals surface area contributed by atoms with Gasteiger partial charge in [-0.1, -0.05) is 28.6 Å². The first kappa shape index (κ1) is 27.3. The average Bonchev–Trinajstić information content (AvgIpc) is 3.51. The van der Waals surface area contributed by atoms with E-state index in [4.69, 9.17) is 14.4 Å². The predicted octanol–water partition coefficient (Wildman–Crippen LogP) is 4.67. The number of nitrogens with zero attached hydrogens (tertiary/aromatic N) is 7. The minimum atomic E-state index is -5.08. The Morgan fingerprint density at radius 2 is 1.85 bits per heavy atom. The van der Waals surface area contributed by atoms with Gasteiger partial charge in [0.25, 0.3) is 5.89 Å². The lowest BCUT2D eigenvalue weighted by Crippen LogP contribution is -2.21. The standard InChI is InChI=1S/C23H20FN7O.C2HF3O2/c1-14-20(27-29-31(14)19-8-4-6-15-7-5-11-25-21(15)19)23-26-22(28-32-23)16-9-10-18(24)17(12-16)13-30(2)3;3-2(4,5)1(6)7/h4-12H,13H2,1-3H3;(H,6,7). The van der Waals surface area contributed by atoms with Crippen molar-refractivity contribution in [3.05, 3.63) is 71.8 Å². The number of carbonyl (C=O) groups is 1. The zero-order chi connectivity index (χ0) is 28.3. The number of aliphatic carboxylic acids is 1. The quantitative estimate of drug-likeness (QED) is 0.315. The van der Waals surface area contributed by atoms with Crippen LogP contribution in [0.3, 0.4) is 0 Å². The summed E-state index contributed by atoms with van der Waals surface area (Å²) in [5, 5.41) is 20.8. The van der Waals surface area contributed by atoms with Crippen LogP contribution in [-0.4, -0.2) is 66.4 Å². The van der Waals surface area contributed by atoms with Gasteiger partial charge in [-0.3, -0.25) is 4.98 Å². The number of pyridine rings is 1. The number of halogens is 4. The van der Waals surface area contributed by atoms with Crippen molar-refractivity contribution in [2.75, 3.05) is 14.1 Å². The molecule has 3 aromatic heterocycles. The lowest BCUT2D eigenvalue weighted by atomic mass is 10.1. The van der Waals surface area contributed by atoms with Crippen LogP contribution in [0, 0.1) is 12.7 Å². The molecule has 3 heterocycles. The van der Waals surface area contributed by atoms with Gasteiger partial charge in [-0.2, -0.15) is 18.2 Å². The number of benzene rings is 2. The lowest BCUT2D eigenvalue weighted by Gasteiger charge is -2.11. The Morgan fingerprint density at radius 1 is 1.13 bits per heavy atom. The highest BCUT2D eigenvalue weighted by Gasteiger charge is 2.38. The van der Waals surface area contributed by atoms with E-state index in [1.165, 1.54) is 6.07 Å². The molecule has 10 nitrogen and oxygen atoms in total. The van der Waals surface area contributed by atoms with Gasteiger partial charge in [0.2, 0.25) is 5.82 Å². The number of carboxylic acids is 1. The fourth-order valence-electron chi connectivity index (χ4n) is 3.63. The fourth-order valence-corrected chi connectivity index (χ4v) is 3.63. The van der Waals surface area contributed by atoms with Crippen molar-refractivity contribution in [2.24, 2.45) is 0 Å². The number of aromatic nitrogens is 6. The van der Waals surface area contributed by atoms with Gasteiger partial charge in [0, 0.05) is 29.3 Å².